The second-order valence-corrected chi connectivity index (χ2v) is 7.58. The number of pyridine rings is 1. The molecule has 0 unspecified atom stereocenters. The van der Waals surface area contributed by atoms with Crippen LogP contribution in [0.4, 0.5) is 0 Å². The summed E-state index contributed by atoms with van der Waals surface area (Å²) in [7, 11) is 0. The fourth-order valence-corrected chi connectivity index (χ4v) is 3.90. The van der Waals surface area contributed by atoms with Crippen LogP contribution in [0.2, 0.25) is 0 Å². The highest BCUT2D eigenvalue weighted by molar-refractivity contribution is 6.06. The first-order chi connectivity index (χ1) is 13.5. The number of hydrogen-bond donors (Lipinski definition) is 1. The minimum atomic E-state index is -0.962. The van der Waals surface area contributed by atoms with Gasteiger partial charge in [-0.2, -0.15) is 0 Å². The maximum atomic E-state index is 13.4. The normalized spacial score (nSPS) is 16.2. The lowest BCUT2D eigenvalue weighted by Gasteiger charge is -2.29. The zero-order valence-corrected chi connectivity index (χ0v) is 15.4. The fraction of sp³-hybridized carbons (Fsp3) is 0.333. The summed E-state index contributed by atoms with van der Waals surface area (Å²) in [4.78, 5) is 31.0. The molecule has 1 fully saturated rings. The monoisotopic (exact) mass is 377 g/mol. The van der Waals surface area contributed by atoms with E-state index in [-0.39, 0.29) is 11.5 Å². The number of hydrogen-bond acceptors (Lipinski definition) is 5. The molecule has 1 amide bonds. The highest BCUT2D eigenvalue weighted by atomic mass is 16.5. The lowest BCUT2D eigenvalue weighted by atomic mass is 9.96. The number of aromatic nitrogens is 2. The Labute approximate surface area is 161 Å². The quantitative estimate of drug-likeness (QED) is 0.752. The van der Waals surface area contributed by atoms with Crippen LogP contribution >= 0.6 is 0 Å². The first-order valence-electron chi connectivity index (χ1n) is 9.42. The van der Waals surface area contributed by atoms with Crippen LogP contribution in [-0.2, 0) is 13.0 Å². The molecule has 1 N–H and O–H groups in total. The van der Waals surface area contributed by atoms with Crippen LogP contribution in [0.5, 0.6) is 0 Å². The van der Waals surface area contributed by atoms with Gasteiger partial charge < -0.3 is 14.5 Å². The average molecular weight is 377 g/mol. The van der Waals surface area contributed by atoms with E-state index in [0.29, 0.717) is 47.8 Å². The molecule has 2 aromatic heterocycles. The largest absolute Gasteiger partial charge is 0.478 e. The molecule has 0 spiro atoms. The molecule has 142 valence electrons. The van der Waals surface area contributed by atoms with Gasteiger partial charge in [-0.25, -0.2) is 9.78 Å². The van der Waals surface area contributed by atoms with Gasteiger partial charge in [0.1, 0.15) is 0 Å². The van der Waals surface area contributed by atoms with E-state index < -0.39 is 5.97 Å². The minimum Gasteiger partial charge on any atom is -0.478 e. The van der Waals surface area contributed by atoms with Crippen molar-refractivity contribution in [1.82, 2.24) is 15.0 Å². The number of carbonyl (C=O) groups is 2. The molecule has 0 bridgehead atoms. The SMILES string of the molecule is Cc1noc2nc(C3CC3)cc(C(=O)N3CCc4ccc(C(=O)O)cc4C3)c12. The van der Waals surface area contributed by atoms with Gasteiger partial charge in [0.25, 0.3) is 11.6 Å². The number of benzene rings is 1. The molecule has 1 aromatic carbocycles. The van der Waals surface area contributed by atoms with Gasteiger partial charge in [-0.1, -0.05) is 11.2 Å². The van der Waals surface area contributed by atoms with E-state index in [4.69, 9.17) is 4.52 Å². The van der Waals surface area contributed by atoms with Gasteiger partial charge in [0.15, 0.2) is 0 Å². The first kappa shape index (κ1) is 16.9. The van der Waals surface area contributed by atoms with Crippen molar-refractivity contribution in [3.05, 3.63) is 57.9 Å². The highest BCUT2D eigenvalue weighted by Gasteiger charge is 2.31. The number of amides is 1. The summed E-state index contributed by atoms with van der Waals surface area (Å²) in [5.41, 5.74) is 4.74. The van der Waals surface area contributed by atoms with Gasteiger partial charge in [-0.05, 0) is 55.5 Å². The van der Waals surface area contributed by atoms with E-state index in [1.54, 1.807) is 17.0 Å². The Morgan fingerprint density at radius 1 is 1.21 bits per heavy atom. The van der Waals surface area contributed by atoms with Crippen LogP contribution in [-0.4, -0.2) is 38.6 Å². The van der Waals surface area contributed by atoms with Crippen molar-refractivity contribution in [1.29, 1.82) is 0 Å². The van der Waals surface area contributed by atoms with Crippen molar-refractivity contribution in [2.24, 2.45) is 0 Å². The highest BCUT2D eigenvalue weighted by Crippen LogP contribution is 2.40. The third kappa shape index (κ3) is 2.74. The van der Waals surface area contributed by atoms with Gasteiger partial charge in [0.05, 0.1) is 22.2 Å². The van der Waals surface area contributed by atoms with E-state index in [2.05, 4.69) is 10.1 Å². The molecule has 28 heavy (non-hydrogen) atoms. The third-order valence-electron chi connectivity index (χ3n) is 5.62. The molecule has 2 aliphatic rings. The number of aryl methyl sites for hydroxylation is 1. The second kappa shape index (κ2) is 6.15. The Balaban J connectivity index is 1.53. The zero-order chi connectivity index (χ0) is 19.4. The molecule has 7 heteroatoms. The Hall–Kier alpha value is -3.22. The number of fused-ring (bicyclic) bond motifs is 2. The Morgan fingerprint density at radius 3 is 2.79 bits per heavy atom. The van der Waals surface area contributed by atoms with Crippen LogP contribution in [0.15, 0.2) is 28.8 Å². The smallest absolute Gasteiger partial charge is 0.335 e. The van der Waals surface area contributed by atoms with Crippen LogP contribution in [0, 0.1) is 6.92 Å². The number of carboxylic acids is 1. The zero-order valence-electron chi connectivity index (χ0n) is 15.4. The maximum absolute atomic E-state index is 13.4. The fourth-order valence-electron chi connectivity index (χ4n) is 3.90. The van der Waals surface area contributed by atoms with Crippen LogP contribution in [0.3, 0.4) is 0 Å². The molecule has 3 aromatic rings. The average Bonchev–Trinajstić information content (AvgIpc) is 3.49. The predicted molar refractivity (Wildman–Crippen MR) is 100 cm³/mol. The lowest BCUT2D eigenvalue weighted by molar-refractivity contribution is 0.0696. The van der Waals surface area contributed by atoms with E-state index in [1.807, 2.05) is 19.1 Å². The van der Waals surface area contributed by atoms with Gasteiger partial charge in [0, 0.05) is 24.7 Å². The number of rotatable bonds is 3. The van der Waals surface area contributed by atoms with Crippen molar-refractivity contribution < 1.29 is 19.2 Å². The minimum absolute atomic E-state index is 0.0908. The molecular weight excluding hydrogens is 358 g/mol. The predicted octanol–water partition coefficient (Wildman–Crippen LogP) is 3.31. The van der Waals surface area contributed by atoms with Crippen LogP contribution in [0.1, 0.15) is 62.0 Å². The first-order valence-corrected chi connectivity index (χ1v) is 9.42. The maximum Gasteiger partial charge on any atom is 0.335 e. The molecule has 0 radical (unpaired) electrons. The summed E-state index contributed by atoms with van der Waals surface area (Å²) < 4.78 is 5.35. The Bertz CT molecular complexity index is 1130. The summed E-state index contributed by atoms with van der Waals surface area (Å²) in [6.45, 7) is 2.79. The Kier molecular flexibility index (Phi) is 3.72. The molecule has 1 aliphatic heterocycles. The topological polar surface area (TPSA) is 96.5 Å². The molecule has 7 nitrogen and oxygen atoms in total. The molecule has 5 rings (SSSR count). The summed E-state index contributed by atoms with van der Waals surface area (Å²) in [6.07, 6.45) is 2.86. The molecule has 0 saturated heterocycles. The number of carboxylic acid groups (broad SMARTS) is 1. The van der Waals surface area contributed by atoms with Crippen LogP contribution in [0.25, 0.3) is 11.1 Å². The van der Waals surface area contributed by atoms with Crippen molar-refractivity contribution in [2.45, 2.75) is 38.6 Å². The van der Waals surface area contributed by atoms with Crippen LogP contribution < -0.4 is 0 Å². The second-order valence-electron chi connectivity index (χ2n) is 7.58. The number of nitrogens with zero attached hydrogens (tertiary/aromatic N) is 3. The molecular formula is C21H19N3O4. The standard InChI is InChI=1S/C21H19N3O4/c1-11-18-16(9-17(13-3-4-13)22-19(18)28-23-11)20(25)24-7-6-12-2-5-14(21(26)27)8-15(12)10-24/h2,5,8-9,13H,3-4,6-7,10H2,1H3,(H,26,27). The van der Waals surface area contributed by atoms with Gasteiger partial charge in [-0.15, -0.1) is 0 Å². The van der Waals surface area contributed by atoms with Crippen molar-refractivity contribution in [3.63, 3.8) is 0 Å². The third-order valence-corrected chi connectivity index (χ3v) is 5.62. The number of carbonyl (C=O) groups excluding carboxylic acids is 1. The van der Waals surface area contributed by atoms with E-state index >= 15 is 0 Å². The molecule has 1 saturated carbocycles. The van der Waals surface area contributed by atoms with Gasteiger partial charge in [-0.3, -0.25) is 4.79 Å². The number of aromatic carboxylic acids is 1. The van der Waals surface area contributed by atoms with Crippen molar-refractivity contribution >= 4 is 23.0 Å². The van der Waals surface area contributed by atoms with Gasteiger partial charge in [0.2, 0.25) is 0 Å². The van der Waals surface area contributed by atoms with E-state index in [0.717, 1.165) is 29.7 Å². The van der Waals surface area contributed by atoms with Gasteiger partial charge >= 0.3 is 5.97 Å². The lowest BCUT2D eigenvalue weighted by Crippen LogP contribution is -2.36. The molecule has 0 atom stereocenters. The van der Waals surface area contributed by atoms with E-state index in [9.17, 15) is 14.7 Å². The summed E-state index contributed by atoms with van der Waals surface area (Å²) in [6, 6.07) is 7.02. The van der Waals surface area contributed by atoms with E-state index in [1.165, 1.54) is 0 Å². The molecule has 1 aliphatic carbocycles. The van der Waals surface area contributed by atoms with Crippen molar-refractivity contribution in [3.8, 4) is 0 Å². The Morgan fingerprint density at radius 2 is 2.04 bits per heavy atom. The van der Waals surface area contributed by atoms with Crippen molar-refractivity contribution in [2.75, 3.05) is 6.54 Å². The molecule has 3 heterocycles. The summed E-state index contributed by atoms with van der Waals surface area (Å²) in [5.74, 6) is -0.662. The summed E-state index contributed by atoms with van der Waals surface area (Å²) in [5, 5.41) is 13.9. The summed E-state index contributed by atoms with van der Waals surface area (Å²) >= 11 is 0.